The molecule has 0 fully saturated rings. The monoisotopic (exact) mass is 1000 g/mol. The van der Waals surface area contributed by atoms with Crippen molar-refractivity contribution in [2.24, 2.45) is 0 Å². The van der Waals surface area contributed by atoms with E-state index in [1.54, 1.807) is 0 Å². The average Bonchev–Trinajstić information content (AvgIpc) is 3.38. The van der Waals surface area contributed by atoms with Crippen molar-refractivity contribution in [3.8, 4) is 0 Å². The molecule has 0 rings (SSSR count). The van der Waals surface area contributed by atoms with Gasteiger partial charge in [0.2, 0.25) is 0 Å². The van der Waals surface area contributed by atoms with Crippen molar-refractivity contribution < 1.29 is 28.6 Å². The lowest BCUT2D eigenvalue weighted by Gasteiger charge is -2.18. The zero-order valence-corrected chi connectivity index (χ0v) is 47.4. The molecule has 0 saturated carbocycles. The Hall–Kier alpha value is -3.41. The SMILES string of the molecule is CC/C=C\C/C=C\C/C=C\C/C=C\C/C=C\C/C=C\C/C=C\CCCC(=O)OCC(COC(=O)CCCCCCCCCCCCCCCCC)OC(=O)CCCCCCCCCCCCCCCCCC. The number of allylic oxidation sites excluding steroid dienone is 14. The highest BCUT2D eigenvalue weighted by Gasteiger charge is 2.19. The van der Waals surface area contributed by atoms with Gasteiger partial charge in [0.05, 0.1) is 0 Å². The fourth-order valence-electron chi connectivity index (χ4n) is 8.61. The second kappa shape index (κ2) is 60.1. The molecule has 0 spiro atoms. The third-order valence-electron chi connectivity index (χ3n) is 13.2. The molecule has 0 aliphatic heterocycles. The fourth-order valence-corrected chi connectivity index (χ4v) is 8.61. The average molecular weight is 1000 g/mol. The van der Waals surface area contributed by atoms with E-state index in [2.05, 4.69) is 106 Å². The summed E-state index contributed by atoms with van der Waals surface area (Å²) in [5.41, 5.74) is 0. The first-order valence-corrected chi connectivity index (χ1v) is 30.6. The molecule has 6 nitrogen and oxygen atoms in total. The molecule has 0 heterocycles. The topological polar surface area (TPSA) is 78.9 Å². The van der Waals surface area contributed by atoms with Crippen LogP contribution in [0.15, 0.2) is 85.1 Å². The number of carbonyl (C=O) groups is 3. The van der Waals surface area contributed by atoms with E-state index < -0.39 is 6.10 Å². The van der Waals surface area contributed by atoms with Crippen LogP contribution in [0.25, 0.3) is 0 Å². The maximum atomic E-state index is 12.9. The van der Waals surface area contributed by atoms with E-state index in [0.717, 1.165) is 89.9 Å². The molecule has 414 valence electrons. The van der Waals surface area contributed by atoms with E-state index in [4.69, 9.17) is 14.2 Å². The second-order valence-electron chi connectivity index (χ2n) is 20.2. The highest BCUT2D eigenvalue weighted by atomic mass is 16.6. The molecular weight excluding hydrogens is 889 g/mol. The Morgan fingerprint density at radius 1 is 0.292 bits per heavy atom. The maximum absolute atomic E-state index is 12.9. The number of esters is 3. The summed E-state index contributed by atoms with van der Waals surface area (Å²) >= 11 is 0. The molecule has 0 aromatic heterocycles. The molecule has 0 saturated heterocycles. The van der Waals surface area contributed by atoms with Crippen LogP contribution in [0.1, 0.15) is 297 Å². The largest absolute Gasteiger partial charge is 0.462 e. The normalized spacial score (nSPS) is 12.7. The number of unbranched alkanes of at least 4 members (excludes halogenated alkanes) is 30. The molecule has 0 amide bonds. The molecule has 0 aliphatic rings. The smallest absolute Gasteiger partial charge is 0.306 e. The summed E-state index contributed by atoms with van der Waals surface area (Å²) in [6.07, 6.45) is 78.7. The van der Waals surface area contributed by atoms with Gasteiger partial charge in [-0.1, -0.05) is 292 Å². The van der Waals surface area contributed by atoms with Gasteiger partial charge in [-0.25, -0.2) is 0 Å². The number of rotatable bonds is 55. The summed E-state index contributed by atoms with van der Waals surface area (Å²) < 4.78 is 16.9. The Balaban J connectivity index is 4.44. The van der Waals surface area contributed by atoms with Gasteiger partial charge in [0, 0.05) is 19.3 Å². The highest BCUT2D eigenvalue weighted by molar-refractivity contribution is 5.71. The summed E-state index contributed by atoms with van der Waals surface area (Å²) in [7, 11) is 0. The second-order valence-corrected chi connectivity index (χ2v) is 20.2. The number of ether oxygens (including phenoxy) is 3. The van der Waals surface area contributed by atoms with Crippen LogP contribution in [-0.2, 0) is 28.6 Å². The Labute approximate surface area is 445 Å². The van der Waals surface area contributed by atoms with Gasteiger partial charge < -0.3 is 14.2 Å². The van der Waals surface area contributed by atoms with Crippen LogP contribution in [0.5, 0.6) is 0 Å². The molecule has 72 heavy (non-hydrogen) atoms. The molecule has 0 bridgehead atoms. The van der Waals surface area contributed by atoms with Crippen molar-refractivity contribution in [2.75, 3.05) is 13.2 Å². The van der Waals surface area contributed by atoms with Gasteiger partial charge >= 0.3 is 17.9 Å². The Bertz CT molecular complexity index is 1380. The summed E-state index contributed by atoms with van der Waals surface area (Å²) in [6.45, 7) is 6.51. The van der Waals surface area contributed by atoms with Crippen molar-refractivity contribution in [3.63, 3.8) is 0 Å². The molecule has 6 heteroatoms. The fraction of sp³-hybridized carbons (Fsp3) is 0.742. The zero-order chi connectivity index (χ0) is 52.2. The van der Waals surface area contributed by atoms with Gasteiger partial charge in [-0.3, -0.25) is 14.4 Å². The molecule has 0 N–H and O–H groups in total. The van der Waals surface area contributed by atoms with Crippen molar-refractivity contribution in [1.82, 2.24) is 0 Å². The quantitative estimate of drug-likeness (QED) is 0.0261. The van der Waals surface area contributed by atoms with Crippen molar-refractivity contribution >= 4 is 17.9 Å². The molecule has 0 aliphatic carbocycles. The van der Waals surface area contributed by atoms with Crippen molar-refractivity contribution in [3.05, 3.63) is 85.1 Å². The van der Waals surface area contributed by atoms with Gasteiger partial charge in [-0.15, -0.1) is 0 Å². The van der Waals surface area contributed by atoms with Gasteiger partial charge in [0.1, 0.15) is 13.2 Å². The minimum Gasteiger partial charge on any atom is -0.462 e. The van der Waals surface area contributed by atoms with E-state index in [1.807, 2.05) is 0 Å². The number of carbonyl (C=O) groups excluding carboxylic acids is 3. The molecule has 1 atom stereocenters. The van der Waals surface area contributed by atoms with Crippen LogP contribution in [0.4, 0.5) is 0 Å². The van der Waals surface area contributed by atoms with E-state index in [1.165, 1.54) is 161 Å². The lowest BCUT2D eigenvalue weighted by atomic mass is 10.0. The Morgan fingerprint density at radius 3 is 0.847 bits per heavy atom. The van der Waals surface area contributed by atoms with E-state index in [9.17, 15) is 14.4 Å². The van der Waals surface area contributed by atoms with Crippen LogP contribution >= 0.6 is 0 Å². The predicted molar refractivity (Wildman–Crippen MR) is 311 cm³/mol. The number of hydrogen-bond donors (Lipinski definition) is 0. The maximum Gasteiger partial charge on any atom is 0.306 e. The first-order valence-electron chi connectivity index (χ1n) is 30.6. The van der Waals surface area contributed by atoms with Crippen LogP contribution < -0.4 is 0 Å². The predicted octanol–water partition coefficient (Wildman–Crippen LogP) is 20.7. The van der Waals surface area contributed by atoms with Crippen LogP contribution in [-0.4, -0.2) is 37.2 Å². The third kappa shape index (κ3) is 57.5. The highest BCUT2D eigenvalue weighted by Crippen LogP contribution is 2.17. The van der Waals surface area contributed by atoms with Crippen molar-refractivity contribution in [1.29, 1.82) is 0 Å². The lowest BCUT2D eigenvalue weighted by Crippen LogP contribution is -2.30. The Morgan fingerprint density at radius 2 is 0.542 bits per heavy atom. The minimum absolute atomic E-state index is 0.0904. The molecular formula is C66H114O6. The summed E-state index contributed by atoms with van der Waals surface area (Å²) in [5.74, 6) is -0.939. The van der Waals surface area contributed by atoms with E-state index in [0.29, 0.717) is 19.3 Å². The number of hydrogen-bond acceptors (Lipinski definition) is 6. The first kappa shape index (κ1) is 68.6. The molecule has 0 aromatic carbocycles. The molecule has 1 unspecified atom stereocenters. The van der Waals surface area contributed by atoms with E-state index >= 15 is 0 Å². The molecule has 0 aromatic rings. The van der Waals surface area contributed by atoms with Gasteiger partial charge in [0.25, 0.3) is 0 Å². The van der Waals surface area contributed by atoms with Crippen molar-refractivity contribution in [2.45, 2.75) is 303 Å². The van der Waals surface area contributed by atoms with Gasteiger partial charge in [0.15, 0.2) is 6.10 Å². The van der Waals surface area contributed by atoms with Gasteiger partial charge in [-0.2, -0.15) is 0 Å². The van der Waals surface area contributed by atoms with Crippen LogP contribution in [0, 0.1) is 0 Å². The summed E-state index contributed by atoms with van der Waals surface area (Å²) in [4.78, 5) is 38.2. The zero-order valence-electron chi connectivity index (χ0n) is 47.4. The summed E-state index contributed by atoms with van der Waals surface area (Å²) in [6, 6.07) is 0. The third-order valence-corrected chi connectivity index (χ3v) is 13.2. The lowest BCUT2D eigenvalue weighted by molar-refractivity contribution is -0.167. The van der Waals surface area contributed by atoms with Crippen LogP contribution in [0.2, 0.25) is 0 Å². The first-order chi connectivity index (χ1) is 35.5. The van der Waals surface area contributed by atoms with Gasteiger partial charge in [-0.05, 0) is 70.6 Å². The molecule has 0 radical (unpaired) electrons. The summed E-state index contributed by atoms with van der Waals surface area (Å²) in [5, 5.41) is 0. The Kier molecular flexibility index (Phi) is 57.3. The minimum atomic E-state index is -0.797. The van der Waals surface area contributed by atoms with E-state index in [-0.39, 0.29) is 37.5 Å². The van der Waals surface area contributed by atoms with Crippen LogP contribution in [0.3, 0.4) is 0 Å². The standard InChI is InChI=1S/C66H114O6/c1-4-7-10-13-16-19-22-25-28-30-31-32-33-34-35-36-39-41-44-47-50-53-56-59-65(68)71-62-63(61-70-64(67)58-55-52-49-46-43-40-37-27-24-21-18-15-12-9-6-3)72-66(69)60-57-54-51-48-45-42-38-29-26-23-20-17-14-11-8-5-2/h7,10,16,19,25,28,31-32,34-35,39,41,47,50,63H,4-6,8-9,11-15,17-18,20-24,26-27,29-30,33,36-38,40,42-46,48-49,51-62H2,1-3H3/b10-7-,19-16-,28-25-,32-31-,35-34-,41-39-,50-47-.